The Balaban J connectivity index is 1.81. The van der Waals surface area contributed by atoms with Crippen molar-refractivity contribution >= 4 is 17.6 Å². The summed E-state index contributed by atoms with van der Waals surface area (Å²) in [5, 5.41) is 2.66. The SMILES string of the molecule is CC(=O)Nc1ccc(OC(=O)C2(c3cccc(F)c3)CCCC2)cc1. The zero-order valence-electron chi connectivity index (χ0n) is 14.0. The number of nitrogens with one attached hydrogen (secondary N) is 1. The molecule has 0 aliphatic heterocycles. The molecular weight excluding hydrogens is 321 g/mol. The van der Waals surface area contributed by atoms with E-state index < -0.39 is 5.41 Å². The molecule has 5 heteroatoms. The average Bonchev–Trinajstić information content (AvgIpc) is 3.07. The maximum Gasteiger partial charge on any atom is 0.321 e. The molecule has 3 rings (SSSR count). The molecule has 1 aliphatic carbocycles. The first-order valence-corrected chi connectivity index (χ1v) is 8.36. The number of benzene rings is 2. The van der Waals surface area contributed by atoms with Crippen LogP contribution >= 0.6 is 0 Å². The van der Waals surface area contributed by atoms with Crippen molar-refractivity contribution < 1.29 is 18.7 Å². The van der Waals surface area contributed by atoms with Crippen LogP contribution in [-0.2, 0) is 15.0 Å². The fourth-order valence-electron chi connectivity index (χ4n) is 3.39. The molecule has 0 radical (unpaired) electrons. The Kier molecular flexibility index (Phi) is 4.83. The highest BCUT2D eigenvalue weighted by Gasteiger charge is 2.44. The summed E-state index contributed by atoms with van der Waals surface area (Å²) in [4.78, 5) is 23.9. The van der Waals surface area contributed by atoms with E-state index in [1.807, 2.05) is 0 Å². The van der Waals surface area contributed by atoms with Gasteiger partial charge in [-0.3, -0.25) is 9.59 Å². The molecular formula is C20H20FNO3. The van der Waals surface area contributed by atoms with Crippen LogP contribution in [0.2, 0.25) is 0 Å². The van der Waals surface area contributed by atoms with Crippen LogP contribution in [0.5, 0.6) is 5.75 Å². The normalized spacial score (nSPS) is 15.6. The molecule has 2 aromatic carbocycles. The number of anilines is 1. The van der Waals surface area contributed by atoms with Gasteiger partial charge in [-0.2, -0.15) is 0 Å². The van der Waals surface area contributed by atoms with Crippen LogP contribution in [0.4, 0.5) is 10.1 Å². The smallest absolute Gasteiger partial charge is 0.321 e. The van der Waals surface area contributed by atoms with Gasteiger partial charge in [0.2, 0.25) is 5.91 Å². The Morgan fingerprint density at radius 1 is 1.08 bits per heavy atom. The van der Waals surface area contributed by atoms with E-state index in [4.69, 9.17) is 4.74 Å². The van der Waals surface area contributed by atoms with E-state index in [0.29, 0.717) is 29.8 Å². The second kappa shape index (κ2) is 7.05. The fraction of sp³-hybridized carbons (Fsp3) is 0.300. The summed E-state index contributed by atoms with van der Waals surface area (Å²) in [7, 11) is 0. The van der Waals surface area contributed by atoms with Crippen molar-refractivity contribution in [3.05, 3.63) is 59.9 Å². The highest BCUT2D eigenvalue weighted by atomic mass is 19.1. The molecule has 1 aliphatic rings. The first-order chi connectivity index (χ1) is 12.0. The molecule has 1 fully saturated rings. The Labute approximate surface area is 146 Å². The van der Waals surface area contributed by atoms with E-state index in [9.17, 15) is 14.0 Å². The van der Waals surface area contributed by atoms with Crippen LogP contribution in [0.1, 0.15) is 38.2 Å². The molecule has 130 valence electrons. The van der Waals surface area contributed by atoms with Crippen LogP contribution in [-0.4, -0.2) is 11.9 Å². The minimum Gasteiger partial charge on any atom is -0.426 e. The van der Waals surface area contributed by atoms with Crippen molar-refractivity contribution in [3.8, 4) is 5.75 Å². The topological polar surface area (TPSA) is 55.4 Å². The largest absolute Gasteiger partial charge is 0.426 e. The minimum absolute atomic E-state index is 0.166. The third-order valence-corrected chi connectivity index (χ3v) is 4.61. The summed E-state index contributed by atoms with van der Waals surface area (Å²) >= 11 is 0. The Morgan fingerprint density at radius 3 is 2.36 bits per heavy atom. The summed E-state index contributed by atoms with van der Waals surface area (Å²) in [6.07, 6.45) is 3.12. The Hall–Kier alpha value is -2.69. The molecule has 0 saturated heterocycles. The number of amides is 1. The highest BCUT2D eigenvalue weighted by Crippen LogP contribution is 2.42. The van der Waals surface area contributed by atoms with Gasteiger partial charge < -0.3 is 10.1 Å². The van der Waals surface area contributed by atoms with Gasteiger partial charge in [0.1, 0.15) is 11.6 Å². The predicted molar refractivity (Wildman–Crippen MR) is 92.9 cm³/mol. The monoisotopic (exact) mass is 341 g/mol. The zero-order chi connectivity index (χ0) is 17.9. The van der Waals surface area contributed by atoms with Gasteiger partial charge in [0, 0.05) is 12.6 Å². The average molecular weight is 341 g/mol. The molecule has 0 unspecified atom stereocenters. The fourth-order valence-corrected chi connectivity index (χ4v) is 3.39. The lowest BCUT2D eigenvalue weighted by molar-refractivity contribution is -0.140. The lowest BCUT2D eigenvalue weighted by Crippen LogP contribution is -2.36. The number of ether oxygens (including phenoxy) is 1. The van der Waals surface area contributed by atoms with Crippen LogP contribution in [0, 0.1) is 5.82 Å². The van der Waals surface area contributed by atoms with Gasteiger partial charge in [0.05, 0.1) is 5.41 Å². The standard InChI is InChI=1S/C20H20FNO3/c1-14(23)22-17-7-9-18(10-8-17)25-19(24)20(11-2-3-12-20)15-5-4-6-16(21)13-15/h4-10,13H,2-3,11-12H2,1H3,(H,22,23). The maximum absolute atomic E-state index is 13.6. The van der Waals surface area contributed by atoms with Crippen molar-refractivity contribution in [2.45, 2.75) is 38.0 Å². The Morgan fingerprint density at radius 2 is 1.76 bits per heavy atom. The molecule has 0 aromatic heterocycles. The first-order valence-electron chi connectivity index (χ1n) is 8.36. The van der Waals surface area contributed by atoms with Gasteiger partial charge in [-0.05, 0) is 54.8 Å². The molecule has 0 atom stereocenters. The van der Waals surface area contributed by atoms with Crippen molar-refractivity contribution in [1.82, 2.24) is 0 Å². The molecule has 4 nitrogen and oxygen atoms in total. The lowest BCUT2D eigenvalue weighted by atomic mass is 9.79. The van der Waals surface area contributed by atoms with Gasteiger partial charge in [-0.25, -0.2) is 4.39 Å². The molecule has 1 amide bonds. The van der Waals surface area contributed by atoms with Crippen LogP contribution in [0.3, 0.4) is 0 Å². The first kappa shape index (κ1) is 17.1. The molecule has 25 heavy (non-hydrogen) atoms. The maximum atomic E-state index is 13.6. The third-order valence-electron chi connectivity index (χ3n) is 4.61. The molecule has 0 heterocycles. The highest BCUT2D eigenvalue weighted by molar-refractivity contribution is 5.89. The van der Waals surface area contributed by atoms with E-state index in [-0.39, 0.29) is 17.7 Å². The molecule has 2 aromatic rings. The van der Waals surface area contributed by atoms with Gasteiger partial charge >= 0.3 is 5.97 Å². The minimum atomic E-state index is -0.793. The van der Waals surface area contributed by atoms with Gasteiger partial charge in [0.25, 0.3) is 0 Å². The van der Waals surface area contributed by atoms with Crippen molar-refractivity contribution in [3.63, 3.8) is 0 Å². The summed E-state index contributed by atoms with van der Waals surface area (Å²) in [6, 6.07) is 12.8. The number of hydrogen-bond acceptors (Lipinski definition) is 3. The third kappa shape index (κ3) is 3.71. The van der Waals surface area contributed by atoms with Crippen LogP contribution in [0.25, 0.3) is 0 Å². The van der Waals surface area contributed by atoms with Gasteiger partial charge in [0.15, 0.2) is 0 Å². The van der Waals surface area contributed by atoms with E-state index in [1.165, 1.54) is 19.1 Å². The summed E-state index contributed by atoms with van der Waals surface area (Å²) in [6.45, 7) is 1.43. The number of esters is 1. The second-order valence-corrected chi connectivity index (χ2v) is 6.39. The van der Waals surface area contributed by atoms with Gasteiger partial charge in [-0.15, -0.1) is 0 Å². The summed E-state index contributed by atoms with van der Waals surface area (Å²) in [5.74, 6) is -0.471. The number of carbonyl (C=O) groups is 2. The lowest BCUT2D eigenvalue weighted by Gasteiger charge is -2.27. The Bertz CT molecular complexity index is 780. The number of halogens is 1. The molecule has 0 bridgehead atoms. The zero-order valence-corrected chi connectivity index (χ0v) is 14.0. The van der Waals surface area contributed by atoms with E-state index >= 15 is 0 Å². The number of carbonyl (C=O) groups excluding carboxylic acids is 2. The number of rotatable bonds is 4. The predicted octanol–water partition coefficient (Wildman–Crippen LogP) is 4.20. The van der Waals surface area contributed by atoms with E-state index in [1.54, 1.807) is 36.4 Å². The molecule has 1 saturated carbocycles. The second-order valence-electron chi connectivity index (χ2n) is 6.39. The van der Waals surface area contributed by atoms with Crippen LogP contribution < -0.4 is 10.1 Å². The van der Waals surface area contributed by atoms with Gasteiger partial charge in [-0.1, -0.05) is 25.0 Å². The quantitative estimate of drug-likeness (QED) is 0.670. The molecule has 0 spiro atoms. The van der Waals surface area contributed by atoms with E-state index in [0.717, 1.165) is 12.8 Å². The van der Waals surface area contributed by atoms with Crippen molar-refractivity contribution in [2.24, 2.45) is 0 Å². The summed E-state index contributed by atoms with van der Waals surface area (Å²) < 4.78 is 19.2. The van der Waals surface area contributed by atoms with Crippen molar-refractivity contribution in [1.29, 1.82) is 0 Å². The summed E-state index contributed by atoms with van der Waals surface area (Å²) in [5.41, 5.74) is 0.510. The van der Waals surface area contributed by atoms with Crippen molar-refractivity contribution in [2.75, 3.05) is 5.32 Å². The molecule has 1 N–H and O–H groups in total. The van der Waals surface area contributed by atoms with E-state index in [2.05, 4.69) is 5.32 Å². The van der Waals surface area contributed by atoms with Crippen LogP contribution in [0.15, 0.2) is 48.5 Å². The number of hydrogen-bond donors (Lipinski definition) is 1.